The Hall–Kier alpha value is 0.360. The number of rotatable bonds is 6. The monoisotopic (exact) mass is 518 g/mol. The standard InChI is InChI=1S/C16H12Br2Cl4O/c17-3-1-9-5-13(21)15(7-11(9)19)23-16-8-12(20)10(2-4-18)6-14(16)22/h5-8H,1-4H2. The summed E-state index contributed by atoms with van der Waals surface area (Å²) < 4.78 is 5.81. The summed E-state index contributed by atoms with van der Waals surface area (Å²) in [7, 11) is 0. The van der Waals surface area contributed by atoms with Gasteiger partial charge in [0.15, 0.2) is 0 Å². The van der Waals surface area contributed by atoms with Crippen molar-refractivity contribution < 1.29 is 4.74 Å². The van der Waals surface area contributed by atoms with Crippen molar-refractivity contribution in [2.45, 2.75) is 12.8 Å². The first kappa shape index (κ1) is 19.7. The van der Waals surface area contributed by atoms with Gasteiger partial charge in [-0.1, -0.05) is 78.3 Å². The molecule has 0 heterocycles. The molecule has 0 bridgehead atoms. The molecular weight excluding hydrogens is 510 g/mol. The second-order valence-electron chi connectivity index (χ2n) is 4.73. The lowest BCUT2D eigenvalue weighted by atomic mass is 10.1. The molecule has 2 rings (SSSR count). The molecule has 0 aromatic heterocycles. The van der Waals surface area contributed by atoms with Gasteiger partial charge in [-0.15, -0.1) is 0 Å². The van der Waals surface area contributed by atoms with Gasteiger partial charge in [0.25, 0.3) is 0 Å². The van der Waals surface area contributed by atoms with E-state index >= 15 is 0 Å². The Morgan fingerprint density at radius 3 is 1.39 bits per heavy atom. The smallest absolute Gasteiger partial charge is 0.147 e. The second-order valence-corrected chi connectivity index (χ2v) is 7.94. The molecule has 0 aliphatic heterocycles. The number of hydrogen-bond donors (Lipinski definition) is 0. The van der Waals surface area contributed by atoms with E-state index in [1.807, 2.05) is 0 Å². The fourth-order valence-electron chi connectivity index (χ4n) is 2.00. The first-order chi connectivity index (χ1) is 11.0. The van der Waals surface area contributed by atoms with E-state index in [1.165, 1.54) is 0 Å². The van der Waals surface area contributed by atoms with Gasteiger partial charge >= 0.3 is 0 Å². The van der Waals surface area contributed by atoms with Crippen molar-refractivity contribution in [3.8, 4) is 11.5 Å². The number of benzene rings is 2. The van der Waals surface area contributed by atoms with Crippen molar-refractivity contribution in [1.29, 1.82) is 0 Å². The number of hydrogen-bond acceptors (Lipinski definition) is 1. The van der Waals surface area contributed by atoms with Crippen LogP contribution in [0.5, 0.6) is 11.5 Å². The summed E-state index contributed by atoms with van der Waals surface area (Å²) in [4.78, 5) is 0. The highest BCUT2D eigenvalue weighted by molar-refractivity contribution is 9.09. The van der Waals surface area contributed by atoms with Crippen molar-refractivity contribution in [2.75, 3.05) is 10.7 Å². The zero-order valence-corrected chi connectivity index (χ0v) is 18.0. The molecule has 7 heteroatoms. The van der Waals surface area contributed by atoms with Crippen LogP contribution in [0.2, 0.25) is 20.1 Å². The second kappa shape index (κ2) is 9.17. The zero-order valence-electron chi connectivity index (χ0n) is 11.8. The summed E-state index contributed by atoms with van der Waals surface area (Å²) >= 11 is 31.8. The van der Waals surface area contributed by atoms with E-state index in [-0.39, 0.29) is 0 Å². The molecule has 0 spiro atoms. The number of aryl methyl sites for hydroxylation is 2. The van der Waals surface area contributed by atoms with Crippen LogP contribution in [0.1, 0.15) is 11.1 Å². The molecular formula is C16H12Br2Cl4O. The maximum atomic E-state index is 6.28. The minimum atomic E-state index is 0.446. The van der Waals surface area contributed by atoms with E-state index in [0.29, 0.717) is 31.6 Å². The molecule has 0 aliphatic rings. The van der Waals surface area contributed by atoms with Gasteiger partial charge in [0.2, 0.25) is 0 Å². The quantitative estimate of drug-likeness (QED) is 0.350. The van der Waals surface area contributed by atoms with Gasteiger partial charge < -0.3 is 4.74 Å². The topological polar surface area (TPSA) is 9.23 Å². The Bertz CT molecular complexity index is 647. The summed E-state index contributed by atoms with van der Waals surface area (Å²) in [6.07, 6.45) is 1.57. The molecule has 0 aliphatic carbocycles. The average molecular weight is 522 g/mol. The molecule has 0 fully saturated rings. The Balaban J connectivity index is 2.32. The maximum Gasteiger partial charge on any atom is 0.147 e. The van der Waals surface area contributed by atoms with E-state index in [9.17, 15) is 0 Å². The largest absolute Gasteiger partial charge is 0.454 e. The molecule has 0 saturated carbocycles. The fraction of sp³-hybridized carbons (Fsp3) is 0.250. The number of alkyl halides is 2. The molecule has 124 valence electrons. The summed E-state index contributed by atoms with van der Waals surface area (Å²) in [6.45, 7) is 0. The lowest BCUT2D eigenvalue weighted by molar-refractivity contribution is 0.483. The predicted molar refractivity (Wildman–Crippen MR) is 108 cm³/mol. The van der Waals surface area contributed by atoms with E-state index in [0.717, 1.165) is 34.6 Å². The lowest BCUT2D eigenvalue weighted by Gasteiger charge is -2.13. The van der Waals surface area contributed by atoms with Crippen molar-refractivity contribution in [2.24, 2.45) is 0 Å². The molecule has 23 heavy (non-hydrogen) atoms. The molecule has 0 amide bonds. The van der Waals surface area contributed by atoms with Gasteiger partial charge in [-0.25, -0.2) is 0 Å². The van der Waals surface area contributed by atoms with Gasteiger partial charge in [-0.05, 0) is 36.1 Å². The average Bonchev–Trinajstić information content (AvgIpc) is 2.49. The zero-order chi connectivity index (χ0) is 17.0. The molecule has 2 aromatic rings. The highest BCUT2D eigenvalue weighted by Crippen LogP contribution is 2.39. The van der Waals surface area contributed by atoms with Gasteiger partial charge in [-0.2, -0.15) is 0 Å². The van der Waals surface area contributed by atoms with Gasteiger partial charge in [0, 0.05) is 32.8 Å². The molecule has 0 radical (unpaired) electrons. The normalized spacial score (nSPS) is 10.9. The number of halogens is 6. The summed E-state index contributed by atoms with van der Waals surface area (Å²) in [6, 6.07) is 6.99. The van der Waals surface area contributed by atoms with Crippen LogP contribution >= 0.6 is 78.3 Å². The SMILES string of the molecule is Clc1cc(Oc2cc(Cl)c(CCBr)cc2Cl)c(Cl)cc1CCBr. The van der Waals surface area contributed by atoms with Crippen molar-refractivity contribution in [3.63, 3.8) is 0 Å². The molecule has 0 unspecified atom stereocenters. The van der Waals surface area contributed by atoms with Crippen LogP contribution in [0.3, 0.4) is 0 Å². The fourth-order valence-corrected chi connectivity index (χ4v) is 3.80. The van der Waals surface area contributed by atoms with Crippen LogP contribution < -0.4 is 4.74 Å². The predicted octanol–water partition coefficient (Wildman–Crippen LogP) is 7.97. The molecule has 2 aromatic carbocycles. The Morgan fingerprint density at radius 1 is 0.652 bits per heavy atom. The number of ether oxygens (including phenoxy) is 1. The van der Waals surface area contributed by atoms with Crippen LogP contribution in [-0.4, -0.2) is 10.7 Å². The van der Waals surface area contributed by atoms with E-state index in [1.54, 1.807) is 24.3 Å². The van der Waals surface area contributed by atoms with Crippen molar-refractivity contribution in [3.05, 3.63) is 55.5 Å². The summed E-state index contributed by atoms with van der Waals surface area (Å²) in [5, 5.41) is 3.76. The minimum absolute atomic E-state index is 0.446. The third-order valence-electron chi connectivity index (χ3n) is 3.15. The van der Waals surface area contributed by atoms with Crippen molar-refractivity contribution in [1.82, 2.24) is 0 Å². The maximum absolute atomic E-state index is 6.28. The van der Waals surface area contributed by atoms with Crippen LogP contribution in [0.25, 0.3) is 0 Å². The van der Waals surface area contributed by atoms with E-state index < -0.39 is 0 Å². The lowest BCUT2D eigenvalue weighted by Crippen LogP contribution is -1.94. The Labute approximate surface area is 172 Å². The van der Waals surface area contributed by atoms with Gasteiger partial charge in [-0.3, -0.25) is 0 Å². The van der Waals surface area contributed by atoms with Crippen LogP contribution in [0.15, 0.2) is 24.3 Å². The molecule has 1 nitrogen and oxygen atoms in total. The molecule has 0 atom stereocenters. The third kappa shape index (κ3) is 5.17. The molecule has 0 N–H and O–H groups in total. The first-order valence-corrected chi connectivity index (χ1v) is 10.5. The Kier molecular flexibility index (Phi) is 7.84. The summed E-state index contributed by atoms with van der Waals surface area (Å²) in [5.41, 5.74) is 1.91. The van der Waals surface area contributed by atoms with Crippen LogP contribution in [0, 0.1) is 0 Å². The van der Waals surface area contributed by atoms with Crippen LogP contribution in [0.4, 0.5) is 0 Å². The third-order valence-corrected chi connectivity index (χ3v) is 5.24. The summed E-state index contributed by atoms with van der Waals surface area (Å²) in [5.74, 6) is 0.891. The minimum Gasteiger partial charge on any atom is -0.454 e. The highest BCUT2D eigenvalue weighted by Gasteiger charge is 2.13. The highest BCUT2D eigenvalue weighted by atomic mass is 79.9. The van der Waals surface area contributed by atoms with Crippen LogP contribution in [-0.2, 0) is 12.8 Å². The van der Waals surface area contributed by atoms with E-state index in [4.69, 9.17) is 51.1 Å². The van der Waals surface area contributed by atoms with Gasteiger partial charge in [0.1, 0.15) is 11.5 Å². The van der Waals surface area contributed by atoms with Gasteiger partial charge in [0.05, 0.1) is 10.0 Å². The Morgan fingerprint density at radius 2 is 1.04 bits per heavy atom. The first-order valence-electron chi connectivity index (χ1n) is 6.72. The van der Waals surface area contributed by atoms with E-state index in [2.05, 4.69) is 31.9 Å². The molecule has 0 saturated heterocycles. The van der Waals surface area contributed by atoms with Crippen molar-refractivity contribution >= 4 is 78.3 Å².